The van der Waals surface area contributed by atoms with E-state index in [4.69, 9.17) is 0 Å². The fraction of sp³-hybridized carbons (Fsp3) is 0. The van der Waals surface area contributed by atoms with Gasteiger partial charge in [0.15, 0.2) is 0 Å². The summed E-state index contributed by atoms with van der Waals surface area (Å²) < 4.78 is 0. The van der Waals surface area contributed by atoms with Crippen LogP contribution in [0.4, 0.5) is 0 Å². The molecule has 0 atom stereocenters. The van der Waals surface area contributed by atoms with Gasteiger partial charge >= 0.3 is 0 Å². The monoisotopic (exact) mass is 454 g/mol. The summed E-state index contributed by atoms with van der Waals surface area (Å²) in [5.74, 6) is 0. The summed E-state index contributed by atoms with van der Waals surface area (Å²) in [4.78, 5) is 0. The fourth-order valence-electron chi connectivity index (χ4n) is 0. The third-order valence-corrected chi connectivity index (χ3v) is 0. The minimum Gasteiger partial charge on any atom is 0 e. The Hall–Kier alpha value is 4.39. The summed E-state index contributed by atoms with van der Waals surface area (Å²) in [6.07, 6.45) is 0. The predicted octanol–water partition coefficient (Wildman–Crippen LogP) is -0.386. The van der Waals surface area contributed by atoms with Crippen molar-refractivity contribution in [3.05, 3.63) is 0 Å². The van der Waals surface area contributed by atoms with Crippen LogP contribution in [0.25, 0.3) is 0 Å². The maximum Gasteiger partial charge on any atom is 0 e. The van der Waals surface area contributed by atoms with E-state index in [1.807, 2.05) is 0 Å². The normalized spacial score (nSPS) is 0. The van der Waals surface area contributed by atoms with Crippen LogP contribution in [0.3, 0.4) is 0 Å². The zero-order chi connectivity index (χ0) is 0. The van der Waals surface area contributed by atoms with Gasteiger partial charge in [0.05, 0.1) is 0 Å². The van der Waals surface area contributed by atoms with Crippen molar-refractivity contribution in [1.82, 2.24) is 0 Å². The summed E-state index contributed by atoms with van der Waals surface area (Å²) >= 11 is 0. The van der Waals surface area contributed by atoms with Gasteiger partial charge in [-0.25, -0.2) is 0 Å². The molecule has 0 bridgehead atoms. The van der Waals surface area contributed by atoms with Gasteiger partial charge in [-0.1, -0.05) is 0 Å². The standard InChI is InChI=1S/B.Ce.Fe.Gd.Y. The summed E-state index contributed by atoms with van der Waals surface area (Å²) in [5.41, 5.74) is 0. The van der Waals surface area contributed by atoms with Crippen LogP contribution in [-0.2, 0) is 49.8 Å². The van der Waals surface area contributed by atoms with Gasteiger partial charge < -0.3 is 0 Å². The first-order valence-corrected chi connectivity index (χ1v) is 0. The SMILES string of the molecule is [B].[Ce].[Fe].[Gd].[Y]. The van der Waals surface area contributed by atoms with Crippen LogP contribution >= 0.6 is 0 Å². The van der Waals surface area contributed by atoms with Crippen LogP contribution in [0, 0.1) is 81.7 Å². The van der Waals surface area contributed by atoms with Crippen molar-refractivity contribution >= 4 is 8.41 Å². The first kappa shape index (κ1) is 34.3. The zero-order valence-electron chi connectivity index (χ0n) is 2.36. The zero-order valence-corrected chi connectivity index (χ0v) is 11.7. The first-order chi connectivity index (χ1) is 0. The Bertz CT molecular complexity index is 11.6. The van der Waals surface area contributed by atoms with E-state index in [0.717, 1.165) is 0 Å². The Balaban J connectivity index is 0. The molecule has 0 spiro atoms. The molecule has 0 amide bonds. The van der Waals surface area contributed by atoms with Crippen LogP contribution in [-0.4, -0.2) is 8.41 Å². The van der Waals surface area contributed by atoms with Gasteiger partial charge in [0, 0.05) is 140 Å². The maximum atomic E-state index is 0. The van der Waals surface area contributed by atoms with E-state index in [0.29, 0.717) is 0 Å². The molecule has 0 N–H and O–H groups in total. The van der Waals surface area contributed by atoms with E-state index in [-0.39, 0.29) is 140 Å². The van der Waals surface area contributed by atoms with E-state index >= 15 is 0 Å². The number of hydrogen-bond acceptors (Lipinski definition) is 0. The van der Waals surface area contributed by atoms with Gasteiger partial charge in [-0.3, -0.25) is 0 Å². The number of hydrogen-bond donors (Lipinski definition) is 0. The minimum absolute atomic E-state index is 0. The molecule has 0 nitrogen and oxygen atoms in total. The summed E-state index contributed by atoms with van der Waals surface area (Å²) in [5, 5.41) is 0. The van der Waals surface area contributed by atoms with Crippen molar-refractivity contribution in [1.29, 1.82) is 0 Å². The van der Waals surface area contributed by atoms with Gasteiger partial charge in [-0.15, -0.1) is 0 Å². The molecule has 0 aromatic rings. The molecule has 0 fully saturated rings. The Morgan fingerprint density at radius 3 is 1.00 bits per heavy atom. The molecule has 26 valence electrons. The van der Waals surface area contributed by atoms with Crippen molar-refractivity contribution in [2.45, 2.75) is 0 Å². The predicted molar refractivity (Wildman–Crippen MR) is 5.75 cm³/mol. The smallest absolute Gasteiger partial charge is 0 e. The summed E-state index contributed by atoms with van der Waals surface area (Å²) in [7, 11) is 0. The molecule has 4 radical (unpaired) electrons. The molecular formula is BCeFeGdY. The van der Waals surface area contributed by atoms with Crippen molar-refractivity contribution in [2.24, 2.45) is 0 Å². The first-order valence-electron chi connectivity index (χ1n) is 0. The third kappa shape index (κ3) is 17.8. The second kappa shape index (κ2) is 23.8. The molecule has 0 saturated carbocycles. The largest absolute Gasteiger partial charge is 0 e. The van der Waals surface area contributed by atoms with Crippen LogP contribution in [0.15, 0.2) is 0 Å². The van der Waals surface area contributed by atoms with Crippen LogP contribution < -0.4 is 0 Å². The molecule has 0 aromatic heterocycles. The van der Waals surface area contributed by atoms with Crippen molar-refractivity contribution in [3.8, 4) is 0 Å². The maximum absolute atomic E-state index is 0. The Morgan fingerprint density at radius 1 is 1.00 bits per heavy atom. The molecular weight excluding hydrogens is 453 g/mol. The average Bonchev–Trinajstić information content (AvgIpc) is 0. The molecule has 5 heavy (non-hydrogen) atoms. The molecule has 0 unspecified atom stereocenters. The number of rotatable bonds is 0. The third-order valence-electron chi connectivity index (χ3n) is 0. The Morgan fingerprint density at radius 2 is 1.00 bits per heavy atom. The molecule has 0 saturated heterocycles. The summed E-state index contributed by atoms with van der Waals surface area (Å²) in [6, 6.07) is 0. The van der Waals surface area contributed by atoms with E-state index < -0.39 is 0 Å². The van der Waals surface area contributed by atoms with E-state index in [1.54, 1.807) is 0 Å². The van der Waals surface area contributed by atoms with E-state index in [2.05, 4.69) is 0 Å². The molecule has 0 aromatic carbocycles. The van der Waals surface area contributed by atoms with Gasteiger partial charge in [0.25, 0.3) is 0 Å². The Labute approximate surface area is 136 Å². The molecule has 0 rings (SSSR count). The van der Waals surface area contributed by atoms with Gasteiger partial charge in [0.2, 0.25) is 0 Å². The van der Waals surface area contributed by atoms with E-state index in [1.165, 1.54) is 0 Å². The van der Waals surface area contributed by atoms with Crippen LogP contribution in [0.2, 0.25) is 0 Å². The molecule has 5 heteroatoms. The second-order valence-corrected chi connectivity index (χ2v) is 0. The van der Waals surface area contributed by atoms with Crippen LogP contribution in [0.5, 0.6) is 0 Å². The quantitative estimate of drug-likeness (QED) is 0.439. The topological polar surface area (TPSA) is 0 Å². The average molecular weight is 453 g/mol. The molecule has 0 aliphatic heterocycles. The molecule has 0 aliphatic rings. The van der Waals surface area contributed by atoms with Crippen molar-refractivity contribution in [3.63, 3.8) is 0 Å². The minimum atomic E-state index is 0. The van der Waals surface area contributed by atoms with Gasteiger partial charge in [-0.2, -0.15) is 0 Å². The van der Waals surface area contributed by atoms with Crippen LogP contribution in [0.1, 0.15) is 0 Å². The van der Waals surface area contributed by atoms with E-state index in [9.17, 15) is 0 Å². The molecule has 0 aliphatic carbocycles. The second-order valence-electron chi connectivity index (χ2n) is 0. The summed E-state index contributed by atoms with van der Waals surface area (Å²) in [6.45, 7) is 0. The van der Waals surface area contributed by atoms with Crippen molar-refractivity contribution < 1.29 is 131 Å². The molecule has 0 heterocycles. The van der Waals surface area contributed by atoms with Crippen molar-refractivity contribution in [2.75, 3.05) is 0 Å². The van der Waals surface area contributed by atoms with Gasteiger partial charge in [-0.05, 0) is 0 Å². The fourth-order valence-corrected chi connectivity index (χ4v) is 0. The van der Waals surface area contributed by atoms with Gasteiger partial charge in [0.1, 0.15) is 0 Å². The Kier molecular flexibility index (Phi) is 163.